The molecule has 3 aromatic rings. The Kier molecular flexibility index (Phi) is 8.75. The highest BCUT2D eigenvalue weighted by Crippen LogP contribution is 2.35. The number of ether oxygens (including phenoxy) is 2. The van der Waals surface area contributed by atoms with Gasteiger partial charge in [0.1, 0.15) is 18.2 Å². The predicted octanol–water partition coefficient (Wildman–Crippen LogP) is 6.86. The maximum Gasteiger partial charge on any atom is 0.266 e. The van der Waals surface area contributed by atoms with Crippen LogP contribution in [0, 0.1) is 11.3 Å². The van der Waals surface area contributed by atoms with Crippen LogP contribution in [-0.2, 0) is 17.8 Å². The van der Waals surface area contributed by atoms with Crippen LogP contribution in [0.15, 0.2) is 78.9 Å². The molecule has 0 atom stereocenters. The van der Waals surface area contributed by atoms with Crippen molar-refractivity contribution in [2.24, 2.45) is 0 Å². The topological polar surface area (TPSA) is 71.4 Å². The van der Waals surface area contributed by atoms with Crippen molar-refractivity contribution in [1.29, 1.82) is 5.26 Å². The summed E-state index contributed by atoms with van der Waals surface area (Å²) >= 11 is 12.2. The first kappa shape index (κ1) is 24.9. The molecule has 0 fully saturated rings. The van der Waals surface area contributed by atoms with Crippen LogP contribution in [0.1, 0.15) is 16.7 Å². The third kappa shape index (κ3) is 6.41. The zero-order valence-electron chi connectivity index (χ0n) is 18.5. The molecule has 0 bridgehead atoms. The highest BCUT2D eigenvalue weighted by atomic mass is 35.5. The van der Waals surface area contributed by atoms with Gasteiger partial charge < -0.3 is 14.8 Å². The molecular weight excluding hydrogens is 471 g/mol. The first-order valence-electron chi connectivity index (χ1n) is 10.3. The molecule has 0 saturated heterocycles. The number of halogens is 2. The lowest BCUT2D eigenvalue weighted by molar-refractivity contribution is -0.112. The Balaban J connectivity index is 1.91. The normalized spacial score (nSPS) is 10.8. The predicted molar refractivity (Wildman–Crippen MR) is 136 cm³/mol. The summed E-state index contributed by atoms with van der Waals surface area (Å²) < 4.78 is 11.6. The number of hydrogen-bond donors (Lipinski definition) is 1. The quantitative estimate of drug-likeness (QED) is 0.201. The molecule has 0 heterocycles. The Morgan fingerprint density at radius 1 is 1.12 bits per heavy atom. The highest BCUT2D eigenvalue weighted by Gasteiger charge is 2.15. The Bertz CT molecular complexity index is 1280. The van der Waals surface area contributed by atoms with Gasteiger partial charge >= 0.3 is 0 Å². The highest BCUT2D eigenvalue weighted by molar-refractivity contribution is 6.31. The number of hydrogen-bond acceptors (Lipinski definition) is 4. The summed E-state index contributed by atoms with van der Waals surface area (Å²) in [6.07, 6.45) is 3.72. The Labute approximate surface area is 208 Å². The van der Waals surface area contributed by atoms with E-state index in [1.165, 1.54) is 13.2 Å². The number of nitrogens with zero attached hydrogens (tertiary/aromatic N) is 1. The number of benzene rings is 3. The average Bonchev–Trinajstić information content (AvgIpc) is 2.82. The van der Waals surface area contributed by atoms with E-state index in [1.54, 1.807) is 42.5 Å². The molecule has 3 aromatic carbocycles. The molecule has 1 amide bonds. The molecule has 0 aromatic heterocycles. The Morgan fingerprint density at radius 2 is 1.91 bits per heavy atom. The maximum absolute atomic E-state index is 12.7. The molecule has 34 heavy (non-hydrogen) atoms. The maximum atomic E-state index is 12.7. The molecule has 5 nitrogen and oxygen atoms in total. The lowest BCUT2D eigenvalue weighted by Gasteiger charge is -2.16. The number of rotatable bonds is 9. The first-order valence-corrected chi connectivity index (χ1v) is 11.1. The average molecular weight is 493 g/mol. The molecule has 0 radical (unpaired) electrons. The van der Waals surface area contributed by atoms with Crippen LogP contribution in [0.25, 0.3) is 6.08 Å². The SMILES string of the molecule is C=CCc1cc(/C=C(\C#N)C(=O)Nc2cccc(Cl)c2)cc(OC)c1OCc1ccccc1Cl. The van der Waals surface area contributed by atoms with Gasteiger partial charge in [0, 0.05) is 26.9 Å². The van der Waals surface area contributed by atoms with Crippen LogP contribution < -0.4 is 14.8 Å². The molecule has 172 valence electrons. The van der Waals surface area contributed by atoms with E-state index in [4.69, 9.17) is 32.7 Å². The van der Waals surface area contributed by atoms with Gasteiger partial charge in [-0.25, -0.2) is 0 Å². The molecule has 3 rings (SSSR count). The summed E-state index contributed by atoms with van der Waals surface area (Å²) in [5.74, 6) is 0.458. The van der Waals surface area contributed by atoms with Crippen LogP contribution in [-0.4, -0.2) is 13.0 Å². The van der Waals surface area contributed by atoms with E-state index < -0.39 is 5.91 Å². The number of allylic oxidation sites excluding steroid dienone is 1. The number of carbonyl (C=O) groups is 1. The minimum atomic E-state index is -0.548. The monoisotopic (exact) mass is 492 g/mol. The van der Waals surface area contributed by atoms with E-state index in [2.05, 4.69) is 11.9 Å². The molecule has 0 unspecified atom stereocenters. The summed E-state index contributed by atoms with van der Waals surface area (Å²) in [6.45, 7) is 4.06. The Morgan fingerprint density at radius 3 is 2.59 bits per heavy atom. The zero-order chi connectivity index (χ0) is 24.5. The van der Waals surface area contributed by atoms with E-state index >= 15 is 0 Å². The number of anilines is 1. The number of methoxy groups -OCH3 is 1. The van der Waals surface area contributed by atoms with Crippen molar-refractivity contribution < 1.29 is 14.3 Å². The first-order chi connectivity index (χ1) is 16.4. The standard InChI is InChI=1S/C27H22Cl2N2O3/c1-3-7-19-12-18(13-21(16-30)27(32)31-23-10-6-9-22(28)15-23)14-25(33-2)26(19)34-17-20-8-4-5-11-24(20)29/h3-6,8-15H,1,7,17H2,2H3,(H,31,32)/b21-13+. The molecule has 0 aliphatic carbocycles. The van der Waals surface area contributed by atoms with Gasteiger partial charge in [-0.05, 0) is 54.5 Å². The van der Waals surface area contributed by atoms with Crippen LogP contribution in [0.4, 0.5) is 5.69 Å². The second kappa shape index (κ2) is 11.9. The summed E-state index contributed by atoms with van der Waals surface area (Å²) in [7, 11) is 1.53. The molecule has 0 spiro atoms. The van der Waals surface area contributed by atoms with Gasteiger partial charge in [-0.1, -0.05) is 53.5 Å². The van der Waals surface area contributed by atoms with Gasteiger partial charge in [-0.3, -0.25) is 4.79 Å². The fraction of sp³-hybridized carbons (Fsp3) is 0.111. The van der Waals surface area contributed by atoms with Gasteiger partial charge in [0.05, 0.1) is 7.11 Å². The third-order valence-corrected chi connectivity index (χ3v) is 5.43. The smallest absolute Gasteiger partial charge is 0.266 e. The second-order valence-corrected chi connectivity index (χ2v) is 8.06. The van der Waals surface area contributed by atoms with Crippen molar-refractivity contribution >= 4 is 40.9 Å². The minimum absolute atomic E-state index is 0.0729. The van der Waals surface area contributed by atoms with Gasteiger partial charge in [0.15, 0.2) is 11.5 Å². The molecule has 0 saturated carbocycles. The van der Waals surface area contributed by atoms with Crippen molar-refractivity contribution in [2.75, 3.05) is 12.4 Å². The van der Waals surface area contributed by atoms with Crippen molar-refractivity contribution in [3.8, 4) is 17.6 Å². The molecule has 0 aliphatic rings. The van der Waals surface area contributed by atoms with E-state index in [0.29, 0.717) is 39.2 Å². The third-order valence-electron chi connectivity index (χ3n) is 4.83. The fourth-order valence-electron chi connectivity index (χ4n) is 3.23. The van der Waals surface area contributed by atoms with Crippen LogP contribution in [0.3, 0.4) is 0 Å². The summed E-state index contributed by atoms with van der Waals surface area (Å²) in [6, 6.07) is 19.6. The van der Waals surface area contributed by atoms with Gasteiger partial charge in [-0.15, -0.1) is 6.58 Å². The van der Waals surface area contributed by atoms with E-state index in [-0.39, 0.29) is 12.2 Å². The van der Waals surface area contributed by atoms with Gasteiger partial charge in [-0.2, -0.15) is 5.26 Å². The van der Waals surface area contributed by atoms with Gasteiger partial charge in [0.25, 0.3) is 5.91 Å². The van der Waals surface area contributed by atoms with Crippen LogP contribution in [0.5, 0.6) is 11.5 Å². The van der Waals surface area contributed by atoms with E-state index in [0.717, 1.165) is 11.1 Å². The van der Waals surface area contributed by atoms with Crippen molar-refractivity contribution in [2.45, 2.75) is 13.0 Å². The summed E-state index contributed by atoms with van der Waals surface area (Å²) in [4.78, 5) is 12.7. The van der Waals surface area contributed by atoms with E-state index in [9.17, 15) is 10.1 Å². The van der Waals surface area contributed by atoms with Crippen molar-refractivity contribution in [3.63, 3.8) is 0 Å². The van der Waals surface area contributed by atoms with Crippen molar-refractivity contribution in [3.05, 3.63) is 106 Å². The number of carbonyl (C=O) groups excluding carboxylic acids is 1. The molecule has 1 N–H and O–H groups in total. The molecular formula is C27H22Cl2N2O3. The van der Waals surface area contributed by atoms with Gasteiger partial charge in [0.2, 0.25) is 0 Å². The van der Waals surface area contributed by atoms with Crippen LogP contribution >= 0.6 is 23.2 Å². The van der Waals surface area contributed by atoms with Crippen molar-refractivity contribution in [1.82, 2.24) is 0 Å². The van der Waals surface area contributed by atoms with Crippen LogP contribution in [0.2, 0.25) is 10.0 Å². The molecule has 0 aliphatic heterocycles. The minimum Gasteiger partial charge on any atom is -0.493 e. The Hall–Kier alpha value is -3.72. The lowest BCUT2D eigenvalue weighted by Crippen LogP contribution is -2.13. The number of amides is 1. The second-order valence-electron chi connectivity index (χ2n) is 7.22. The molecule has 7 heteroatoms. The zero-order valence-corrected chi connectivity index (χ0v) is 20.0. The summed E-state index contributed by atoms with van der Waals surface area (Å²) in [5, 5.41) is 13.4. The largest absolute Gasteiger partial charge is 0.493 e. The number of nitriles is 1. The lowest BCUT2D eigenvalue weighted by atomic mass is 10.0. The van der Waals surface area contributed by atoms with E-state index in [1.807, 2.05) is 30.3 Å². The summed E-state index contributed by atoms with van der Waals surface area (Å²) in [5.41, 5.74) is 2.66. The fourth-order valence-corrected chi connectivity index (χ4v) is 3.62. The number of nitrogens with one attached hydrogen (secondary N) is 1.